The minimum Gasteiger partial charge on any atom is -0.507 e. The van der Waals surface area contributed by atoms with Gasteiger partial charge in [-0.3, -0.25) is 0 Å². The van der Waals surface area contributed by atoms with E-state index in [0.717, 1.165) is 12.1 Å². The SMILES string of the molecule is CC(NC[C@@H](C)O)c1c(O)cc(F)cc1F. The van der Waals surface area contributed by atoms with Crippen molar-refractivity contribution < 1.29 is 19.0 Å². The van der Waals surface area contributed by atoms with E-state index in [1.807, 2.05) is 0 Å². The highest BCUT2D eigenvalue weighted by Crippen LogP contribution is 2.27. The molecule has 2 atom stereocenters. The first-order valence-corrected chi connectivity index (χ1v) is 5.01. The highest BCUT2D eigenvalue weighted by molar-refractivity contribution is 5.36. The molecule has 0 spiro atoms. The maximum atomic E-state index is 13.4. The molecule has 16 heavy (non-hydrogen) atoms. The van der Waals surface area contributed by atoms with Gasteiger partial charge >= 0.3 is 0 Å². The van der Waals surface area contributed by atoms with Gasteiger partial charge in [0.1, 0.15) is 17.4 Å². The number of phenolic OH excluding ortho intramolecular Hbond substituents is 1. The van der Waals surface area contributed by atoms with Gasteiger partial charge in [0.2, 0.25) is 0 Å². The Morgan fingerprint density at radius 3 is 2.44 bits per heavy atom. The molecule has 3 nitrogen and oxygen atoms in total. The van der Waals surface area contributed by atoms with Crippen LogP contribution in [0.2, 0.25) is 0 Å². The van der Waals surface area contributed by atoms with Crippen LogP contribution in [0.3, 0.4) is 0 Å². The molecule has 0 amide bonds. The van der Waals surface area contributed by atoms with Crippen molar-refractivity contribution in [2.24, 2.45) is 0 Å². The second-order valence-corrected chi connectivity index (χ2v) is 3.80. The van der Waals surface area contributed by atoms with Crippen molar-refractivity contribution >= 4 is 0 Å². The van der Waals surface area contributed by atoms with Crippen LogP contribution in [0.4, 0.5) is 8.78 Å². The van der Waals surface area contributed by atoms with Crippen molar-refractivity contribution in [3.63, 3.8) is 0 Å². The van der Waals surface area contributed by atoms with Crippen LogP contribution in [0, 0.1) is 11.6 Å². The number of aliphatic hydroxyl groups is 1. The lowest BCUT2D eigenvalue weighted by molar-refractivity contribution is 0.186. The minimum absolute atomic E-state index is 0.00190. The Bertz CT molecular complexity index is 346. The van der Waals surface area contributed by atoms with E-state index >= 15 is 0 Å². The smallest absolute Gasteiger partial charge is 0.134 e. The molecule has 0 heterocycles. The van der Waals surface area contributed by atoms with Crippen molar-refractivity contribution in [2.45, 2.75) is 26.0 Å². The molecule has 3 N–H and O–H groups in total. The summed E-state index contributed by atoms with van der Waals surface area (Å²) in [5, 5.41) is 21.3. The fraction of sp³-hybridized carbons (Fsp3) is 0.455. The molecule has 0 fully saturated rings. The van der Waals surface area contributed by atoms with Gasteiger partial charge in [-0.05, 0) is 13.8 Å². The molecule has 0 aliphatic carbocycles. The summed E-state index contributed by atoms with van der Waals surface area (Å²) in [6.07, 6.45) is -0.576. The summed E-state index contributed by atoms with van der Waals surface area (Å²) in [7, 11) is 0. The molecule has 5 heteroatoms. The number of aliphatic hydroxyl groups excluding tert-OH is 1. The Hall–Kier alpha value is -1.20. The molecule has 0 saturated heterocycles. The van der Waals surface area contributed by atoms with E-state index in [0.29, 0.717) is 0 Å². The number of hydrogen-bond acceptors (Lipinski definition) is 3. The molecule has 0 radical (unpaired) electrons. The Morgan fingerprint density at radius 1 is 1.31 bits per heavy atom. The number of aromatic hydroxyl groups is 1. The van der Waals surface area contributed by atoms with Crippen molar-refractivity contribution in [3.8, 4) is 5.75 Å². The fourth-order valence-corrected chi connectivity index (χ4v) is 1.45. The minimum atomic E-state index is -0.818. The summed E-state index contributed by atoms with van der Waals surface area (Å²) in [5.41, 5.74) is 0.00190. The molecular weight excluding hydrogens is 216 g/mol. The summed E-state index contributed by atoms with van der Waals surface area (Å²) >= 11 is 0. The lowest BCUT2D eigenvalue weighted by atomic mass is 10.1. The predicted molar refractivity (Wildman–Crippen MR) is 56.1 cm³/mol. The zero-order valence-electron chi connectivity index (χ0n) is 9.17. The van der Waals surface area contributed by atoms with Gasteiger partial charge in [-0.2, -0.15) is 0 Å². The first-order valence-electron chi connectivity index (χ1n) is 5.01. The molecule has 1 unspecified atom stereocenters. The molecule has 0 aliphatic heterocycles. The number of benzene rings is 1. The van der Waals surface area contributed by atoms with Crippen LogP contribution >= 0.6 is 0 Å². The number of rotatable bonds is 4. The number of phenols is 1. The summed E-state index contributed by atoms with van der Waals surface area (Å²) in [6.45, 7) is 3.47. The standard InChI is InChI=1S/C11H15F2NO2/c1-6(15)5-14-7(2)11-9(13)3-8(12)4-10(11)16/h3-4,6-7,14-16H,5H2,1-2H3/t6-,7?/m1/s1. The van der Waals surface area contributed by atoms with Crippen LogP contribution in [0.25, 0.3) is 0 Å². The largest absolute Gasteiger partial charge is 0.507 e. The van der Waals surface area contributed by atoms with Crippen LogP contribution < -0.4 is 5.32 Å². The van der Waals surface area contributed by atoms with Gasteiger partial charge in [0.05, 0.1) is 6.10 Å². The molecule has 0 saturated carbocycles. The van der Waals surface area contributed by atoms with Crippen molar-refractivity contribution in [1.82, 2.24) is 5.32 Å². The molecule has 1 aromatic rings. The molecule has 0 aliphatic rings. The second kappa shape index (κ2) is 5.23. The van der Waals surface area contributed by atoms with Gasteiger partial charge in [-0.15, -0.1) is 0 Å². The summed E-state index contributed by atoms with van der Waals surface area (Å²) in [4.78, 5) is 0. The zero-order chi connectivity index (χ0) is 12.3. The molecule has 90 valence electrons. The van der Waals surface area contributed by atoms with Crippen molar-refractivity contribution in [2.75, 3.05) is 6.54 Å². The van der Waals surface area contributed by atoms with Gasteiger partial charge in [-0.25, -0.2) is 8.78 Å². The van der Waals surface area contributed by atoms with E-state index < -0.39 is 29.5 Å². The number of nitrogens with one attached hydrogen (secondary N) is 1. The van der Waals surface area contributed by atoms with Crippen LogP contribution in [0.5, 0.6) is 5.75 Å². The molecule has 0 bridgehead atoms. The molecule has 1 rings (SSSR count). The third-order valence-corrected chi connectivity index (χ3v) is 2.22. The predicted octanol–water partition coefficient (Wildman–Crippen LogP) is 1.70. The lowest BCUT2D eigenvalue weighted by Gasteiger charge is -2.17. The highest BCUT2D eigenvalue weighted by atomic mass is 19.1. The Balaban J connectivity index is 2.86. The van der Waals surface area contributed by atoms with Gasteiger partial charge < -0.3 is 15.5 Å². The third-order valence-electron chi connectivity index (χ3n) is 2.22. The van der Waals surface area contributed by atoms with E-state index in [4.69, 9.17) is 5.11 Å². The average molecular weight is 231 g/mol. The Morgan fingerprint density at radius 2 is 1.94 bits per heavy atom. The van der Waals surface area contributed by atoms with E-state index in [9.17, 15) is 13.9 Å². The number of hydrogen-bond donors (Lipinski definition) is 3. The van der Waals surface area contributed by atoms with Crippen molar-refractivity contribution in [3.05, 3.63) is 29.3 Å². The Labute approximate surface area is 92.7 Å². The molecule has 1 aromatic carbocycles. The van der Waals surface area contributed by atoms with Crippen LogP contribution in [-0.4, -0.2) is 22.9 Å². The van der Waals surface area contributed by atoms with E-state index in [-0.39, 0.29) is 12.1 Å². The van der Waals surface area contributed by atoms with E-state index in [1.165, 1.54) is 0 Å². The second-order valence-electron chi connectivity index (χ2n) is 3.80. The zero-order valence-corrected chi connectivity index (χ0v) is 9.17. The normalized spacial score (nSPS) is 14.8. The van der Waals surface area contributed by atoms with Crippen LogP contribution in [0.1, 0.15) is 25.5 Å². The lowest BCUT2D eigenvalue weighted by Crippen LogP contribution is -2.27. The van der Waals surface area contributed by atoms with Crippen molar-refractivity contribution in [1.29, 1.82) is 0 Å². The van der Waals surface area contributed by atoms with Gasteiger partial charge in [0, 0.05) is 30.3 Å². The van der Waals surface area contributed by atoms with Gasteiger partial charge in [0.25, 0.3) is 0 Å². The molecular formula is C11H15F2NO2. The Kier molecular flexibility index (Phi) is 4.20. The topological polar surface area (TPSA) is 52.5 Å². The first-order chi connectivity index (χ1) is 7.41. The van der Waals surface area contributed by atoms with Crippen LogP contribution in [0.15, 0.2) is 12.1 Å². The fourth-order valence-electron chi connectivity index (χ4n) is 1.45. The third kappa shape index (κ3) is 3.15. The van der Waals surface area contributed by atoms with E-state index in [2.05, 4.69) is 5.32 Å². The quantitative estimate of drug-likeness (QED) is 0.739. The summed E-state index contributed by atoms with van der Waals surface area (Å²) in [6, 6.07) is 1.07. The maximum absolute atomic E-state index is 13.4. The summed E-state index contributed by atoms with van der Waals surface area (Å²) in [5.74, 6) is -2.05. The molecule has 0 aromatic heterocycles. The monoisotopic (exact) mass is 231 g/mol. The van der Waals surface area contributed by atoms with Gasteiger partial charge in [-0.1, -0.05) is 0 Å². The van der Waals surface area contributed by atoms with Crippen LogP contribution in [-0.2, 0) is 0 Å². The summed E-state index contributed by atoms with van der Waals surface area (Å²) < 4.78 is 26.1. The average Bonchev–Trinajstić information content (AvgIpc) is 2.12. The first kappa shape index (κ1) is 12.9. The highest BCUT2D eigenvalue weighted by Gasteiger charge is 2.17. The maximum Gasteiger partial charge on any atom is 0.134 e. The number of halogens is 2. The van der Waals surface area contributed by atoms with E-state index in [1.54, 1.807) is 13.8 Å². The van der Waals surface area contributed by atoms with Gasteiger partial charge in [0.15, 0.2) is 0 Å².